The van der Waals surface area contributed by atoms with E-state index in [4.69, 9.17) is 5.26 Å². The van der Waals surface area contributed by atoms with E-state index in [1.165, 1.54) is 0 Å². The Morgan fingerprint density at radius 1 is 1.47 bits per heavy atom. The molecular weight excluding hydrogens is 188 g/mol. The molecular formula is C12H10N2O. The van der Waals surface area contributed by atoms with Crippen molar-refractivity contribution in [2.24, 2.45) is 0 Å². The van der Waals surface area contributed by atoms with Crippen molar-refractivity contribution >= 4 is 5.91 Å². The number of nitrogens with one attached hydrogen (secondary N) is 1. The molecule has 0 saturated carbocycles. The van der Waals surface area contributed by atoms with E-state index < -0.39 is 0 Å². The van der Waals surface area contributed by atoms with Crippen molar-refractivity contribution in [3.05, 3.63) is 53.8 Å². The van der Waals surface area contributed by atoms with Crippen LogP contribution in [0.3, 0.4) is 0 Å². The normalized spacial score (nSPS) is 8.47. The topological polar surface area (TPSA) is 52.9 Å². The molecule has 1 N–H and O–H groups in total. The van der Waals surface area contributed by atoms with Gasteiger partial charge < -0.3 is 5.32 Å². The highest BCUT2D eigenvalue weighted by Gasteiger charge is 2.02. The minimum absolute atomic E-state index is 0.175. The summed E-state index contributed by atoms with van der Waals surface area (Å²) >= 11 is 0. The number of amides is 1. The lowest BCUT2D eigenvalue weighted by molar-refractivity contribution is 0.0958. The highest BCUT2D eigenvalue weighted by molar-refractivity contribution is 5.94. The van der Waals surface area contributed by atoms with Crippen LogP contribution in [0, 0.1) is 11.3 Å². The second kappa shape index (κ2) is 5.43. The second-order valence-electron chi connectivity index (χ2n) is 2.81. The molecule has 0 aliphatic rings. The lowest BCUT2D eigenvalue weighted by atomic mass is 10.1. The lowest BCUT2D eigenvalue weighted by Crippen LogP contribution is -2.23. The van der Waals surface area contributed by atoms with Crippen molar-refractivity contribution in [1.82, 2.24) is 5.32 Å². The quantitative estimate of drug-likeness (QED) is 0.750. The summed E-state index contributed by atoms with van der Waals surface area (Å²) in [5, 5.41) is 11.2. The van der Waals surface area contributed by atoms with Crippen molar-refractivity contribution in [1.29, 1.82) is 5.26 Å². The fraction of sp³-hybridized carbons (Fsp3) is 0.0833. The van der Waals surface area contributed by atoms with Gasteiger partial charge in [-0.1, -0.05) is 6.58 Å². The summed E-state index contributed by atoms with van der Waals surface area (Å²) in [4.78, 5) is 11.5. The Bertz CT molecular complexity index is 434. The van der Waals surface area contributed by atoms with Crippen LogP contribution in [-0.4, -0.2) is 12.5 Å². The molecule has 0 fully saturated rings. The Kier molecular flexibility index (Phi) is 3.91. The van der Waals surface area contributed by atoms with E-state index in [0.29, 0.717) is 17.7 Å². The molecule has 0 radical (unpaired) electrons. The summed E-state index contributed by atoms with van der Waals surface area (Å²) < 4.78 is 0. The van der Waals surface area contributed by atoms with Gasteiger partial charge in [-0.25, -0.2) is 0 Å². The molecule has 0 aromatic heterocycles. The lowest BCUT2D eigenvalue weighted by Gasteiger charge is -2.01. The molecule has 0 aliphatic heterocycles. The van der Waals surface area contributed by atoms with Crippen LogP contribution in [-0.2, 0) is 0 Å². The third kappa shape index (κ3) is 3.15. The molecule has 15 heavy (non-hydrogen) atoms. The SMILES string of the molecule is C=C=CCNC(=O)c1ccc(C#N)cc1. The largest absolute Gasteiger partial charge is 0.348 e. The van der Waals surface area contributed by atoms with Crippen LogP contribution in [0.15, 0.2) is 42.7 Å². The van der Waals surface area contributed by atoms with Gasteiger partial charge in [-0.05, 0) is 30.3 Å². The van der Waals surface area contributed by atoms with Gasteiger partial charge in [0.1, 0.15) is 0 Å². The first-order chi connectivity index (χ1) is 7.27. The number of nitrogens with zero attached hydrogens (tertiary/aromatic N) is 1. The third-order valence-electron chi connectivity index (χ3n) is 1.79. The molecule has 1 amide bonds. The summed E-state index contributed by atoms with van der Waals surface area (Å²) in [5.74, 6) is -0.175. The summed E-state index contributed by atoms with van der Waals surface area (Å²) in [7, 11) is 0. The maximum atomic E-state index is 11.5. The number of carbonyl (C=O) groups excluding carboxylic acids is 1. The Labute approximate surface area is 88.3 Å². The number of hydrogen-bond acceptors (Lipinski definition) is 2. The first-order valence-electron chi connectivity index (χ1n) is 4.40. The molecule has 1 aromatic rings. The molecule has 0 heterocycles. The maximum Gasteiger partial charge on any atom is 0.251 e. The number of carbonyl (C=O) groups is 1. The van der Waals surface area contributed by atoms with E-state index in [1.807, 2.05) is 6.07 Å². The highest BCUT2D eigenvalue weighted by atomic mass is 16.1. The van der Waals surface area contributed by atoms with Crippen LogP contribution in [0.4, 0.5) is 0 Å². The summed E-state index contributed by atoms with van der Waals surface area (Å²) in [6, 6.07) is 8.44. The number of nitriles is 1. The first-order valence-corrected chi connectivity index (χ1v) is 4.40. The fourth-order valence-electron chi connectivity index (χ4n) is 1.01. The average Bonchev–Trinajstić information content (AvgIpc) is 2.29. The van der Waals surface area contributed by atoms with Crippen molar-refractivity contribution in [3.63, 3.8) is 0 Å². The minimum atomic E-state index is -0.175. The summed E-state index contributed by atoms with van der Waals surface area (Å²) in [6.45, 7) is 3.79. The smallest absolute Gasteiger partial charge is 0.251 e. The molecule has 0 saturated heterocycles. The summed E-state index contributed by atoms with van der Waals surface area (Å²) in [5.41, 5.74) is 3.63. The molecule has 1 aromatic carbocycles. The van der Waals surface area contributed by atoms with Gasteiger partial charge in [-0.15, -0.1) is 5.73 Å². The Hall–Kier alpha value is -2.30. The number of hydrogen-bond donors (Lipinski definition) is 1. The molecule has 3 nitrogen and oxygen atoms in total. The van der Waals surface area contributed by atoms with Gasteiger partial charge in [0.2, 0.25) is 0 Å². The van der Waals surface area contributed by atoms with Crippen LogP contribution in [0.5, 0.6) is 0 Å². The van der Waals surface area contributed by atoms with Gasteiger partial charge in [0.05, 0.1) is 11.6 Å². The molecule has 3 heteroatoms. The highest BCUT2D eigenvalue weighted by Crippen LogP contribution is 2.02. The zero-order valence-electron chi connectivity index (χ0n) is 8.16. The van der Waals surface area contributed by atoms with E-state index in [-0.39, 0.29) is 5.91 Å². The third-order valence-corrected chi connectivity index (χ3v) is 1.79. The van der Waals surface area contributed by atoms with Crippen LogP contribution in [0.1, 0.15) is 15.9 Å². The monoisotopic (exact) mass is 198 g/mol. The molecule has 0 unspecified atom stereocenters. The second-order valence-corrected chi connectivity index (χ2v) is 2.81. The molecule has 1 rings (SSSR count). The Balaban J connectivity index is 2.66. The van der Waals surface area contributed by atoms with Crippen LogP contribution < -0.4 is 5.32 Å². The molecule has 74 valence electrons. The zero-order valence-corrected chi connectivity index (χ0v) is 8.16. The van der Waals surface area contributed by atoms with Gasteiger partial charge in [-0.2, -0.15) is 5.26 Å². The van der Waals surface area contributed by atoms with E-state index >= 15 is 0 Å². The van der Waals surface area contributed by atoms with Crippen LogP contribution >= 0.6 is 0 Å². The van der Waals surface area contributed by atoms with Crippen molar-refractivity contribution in [2.75, 3.05) is 6.54 Å². The van der Waals surface area contributed by atoms with Crippen molar-refractivity contribution in [2.45, 2.75) is 0 Å². The number of benzene rings is 1. The standard InChI is InChI=1S/C12H10N2O/c1-2-3-8-14-12(15)11-6-4-10(9-13)5-7-11/h3-7H,1,8H2,(H,14,15). The minimum Gasteiger partial charge on any atom is -0.348 e. The molecule has 0 atom stereocenters. The van der Waals surface area contributed by atoms with E-state index in [1.54, 1.807) is 30.3 Å². The molecule has 0 bridgehead atoms. The average molecular weight is 198 g/mol. The van der Waals surface area contributed by atoms with Crippen LogP contribution in [0.25, 0.3) is 0 Å². The Morgan fingerprint density at radius 2 is 2.13 bits per heavy atom. The first kappa shape index (κ1) is 10.8. The van der Waals surface area contributed by atoms with E-state index in [9.17, 15) is 4.79 Å². The van der Waals surface area contributed by atoms with E-state index in [0.717, 1.165) is 0 Å². The maximum absolute atomic E-state index is 11.5. The van der Waals surface area contributed by atoms with Gasteiger partial charge in [0.15, 0.2) is 0 Å². The van der Waals surface area contributed by atoms with Crippen molar-refractivity contribution in [3.8, 4) is 6.07 Å². The fourth-order valence-corrected chi connectivity index (χ4v) is 1.01. The van der Waals surface area contributed by atoms with Gasteiger partial charge in [0.25, 0.3) is 5.91 Å². The molecule has 0 spiro atoms. The van der Waals surface area contributed by atoms with E-state index in [2.05, 4.69) is 17.6 Å². The van der Waals surface area contributed by atoms with Crippen LogP contribution in [0.2, 0.25) is 0 Å². The molecule has 0 aliphatic carbocycles. The number of rotatable bonds is 3. The van der Waals surface area contributed by atoms with Gasteiger partial charge in [0, 0.05) is 12.1 Å². The predicted molar refractivity (Wildman–Crippen MR) is 57.2 cm³/mol. The summed E-state index contributed by atoms with van der Waals surface area (Å²) in [6.07, 6.45) is 1.63. The Morgan fingerprint density at radius 3 is 2.67 bits per heavy atom. The van der Waals surface area contributed by atoms with Gasteiger partial charge >= 0.3 is 0 Å². The van der Waals surface area contributed by atoms with Crippen molar-refractivity contribution < 1.29 is 4.79 Å². The van der Waals surface area contributed by atoms with Gasteiger partial charge in [-0.3, -0.25) is 4.79 Å². The zero-order chi connectivity index (χ0) is 11.1. The predicted octanol–water partition coefficient (Wildman–Crippen LogP) is 1.63.